The number of thiazole rings is 1. The first-order valence-corrected chi connectivity index (χ1v) is 27.2. The molecule has 1 aliphatic carbocycles. The van der Waals surface area contributed by atoms with Crippen LogP contribution < -0.4 is 20.1 Å². The molecule has 1 aliphatic heterocycles. The summed E-state index contributed by atoms with van der Waals surface area (Å²) in [5.74, 6) is 0.897. The van der Waals surface area contributed by atoms with E-state index in [9.17, 15) is 24.3 Å². The molecule has 5 aromatic rings. The number of nitrogens with one attached hydrogen (secondary N) is 2. The lowest BCUT2D eigenvalue weighted by Crippen LogP contribution is -2.55. The van der Waals surface area contributed by atoms with E-state index in [1.54, 1.807) is 67.7 Å². The van der Waals surface area contributed by atoms with Gasteiger partial charge in [-0.2, -0.15) is 0 Å². The lowest BCUT2D eigenvalue weighted by molar-refractivity contribution is -0.139. The highest BCUT2D eigenvalue weighted by atomic mass is 32.1. The summed E-state index contributed by atoms with van der Waals surface area (Å²) in [6.45, 7) is 6.98. The Morgan fingerprint density at radius 1 is 0.747 bits per heavy atom. The van der Waals surface area contributed by atoms with Crippen molar-refractivity contribution in [2.75, 3.05) is 80.0 Å². The number of amides is 3. The van der Waals surface area contributed by atoms with Crippen LogP contribution >= 0.6 is 11.3 Å². The molecule has 16 heteroatoms. The van der Waals surface area contributed by atoms with Crippen LogP contribution in [0.5, 0.6) is 17.2 Å². The molecule has 2 aliphatic rings. The number of likely N-dealkylation sites (tertiary alicyclic amines) is 1. The zero-order valence-corrected chi connectivity index (χ0v) is 44.6. The van der Waals surface area contributed by atoms with Gasteiger partial charge in [-0.15, -0.1) is 11.3 Å². The van der Waals surface area contributed by atoms with Gasteiger partial charge in [0.15, 0.2) is 0 Å². The number of aromatic hydroxyl groups is 1. The summed E-state index contributed by atoms with van der Waals surface area (Å²) in [5.41, 5.74) is 6.24. The molecule has 3 atom stereocenters. The van der Waals surface area contributed by atoms with E-state index in [4.69, 9.17) is 28.7 Å². The minimum absolute atomic E-state index is 0.0648. The number of hydrogen-bond donors (Lipinski definition) is 3. The van der Waals surface area contributed by atoms with Crippen molar-refractivity contribution >= 4 is 46.0 Å². The number of hydrogen-bond acceptors (Lipinski definition) is 13. The maximum absolute atomic E-state index is 14.2. The summed E-state index contributed by atoms with van der Waals surface area (Å²) in [6.07, 6.45) is 7.45. The van der Waals surface area contributed by atoms with Gasteiger partial charge in [-0.1, -0.05) is 92.9 Å². The normalized spacial score (nSPS) is 15.9. The molecule has 2 fully saturated rings. The minimum atomic E-state index is -0.587. The highest BCUT2D eigenvalue weighted by Gasteiger charge is 2.40. The number of phenolic OH excluding ortho intramolecular Hbond substituents is 1. The first-order valence-electron chi connectivity index (χ1n) is 26.3. The molecule has 3 N–H and O–H groups in total. The lowest BCUT2D eigenvalue weighted by Gasteiger charge is -2.35. The van der Waals surface area contributed by atoms with Crippen molar-refractivity contribution in [2.45, 2.75) is 83.3 Å². The summed E-state index contributed by atoms with van der Waals surface area (Å²) in [7, 11) is 3.45. The largest absolute Gasteiger partial charge is 0.508 e. The maximum atomic E-state index is 14.2. The van der Waals surface area contributed by atoms with Gasteiger partial charge >= 0.3 is 0 Å². The van der Waals surface area contributed by atoms with Crippen LogP contribution in [0.2, 0.25) is 0 Å². The van der Waals surface area contributed by atoms with E-state index in [-0.39, 0.29) is 61.0 Å². The van der Waals surface area contributed by atoms with Crippen LogP contribution in [-0.2, 0) is 28.6 Å². The van der Waals surface area contributed by atoms with Crippen LogP contribution in [0.25, 0.3) is 11.1 Å². The Balaban J connectivity index is 0.760. The molecule has 1 saturated heterocycles. The number of rotatable bonds is 28. The molecule has 7 rings (SSSR count). The van der Waals surface area contributed by atoms with Gasteiger partial charge < -0.3 is 49.2 Å². The molecule has 400 valence electrons. The lowest BCUT2D eigenvalue weighted by atomic mass is 9.83. The smallest absolute Gasteiger partial charge is 0.248 e. The van der Waals surface area contributed by atoms with Crippen molar-refractivity contribution < 1.29 is 48.0 Å². The van der Waals surface area contributed by atoms with Gasteiger partial charge in [-0.05, 0) is 116 Å². The predicted molar refractivity (Wildman–Crippen MR) is 291 cm³/mol. The Bertz CT molecular complexity index is 2640. The molecule has 3 amide bonds. The van der Waals surface area contributed by atoms with Crippen LogP contribution in [0.4, 0.5) is 0 Å². The van der Waals surface area contributed by atoms with Gasteiger partial charge in [0.2, 0.25) is 23.5 Å². The van der Waals surface area contributed by atoms with Crippen molar-refractivity contribution in [3.05, 3.63) is 141 Å². The Morgan fingerprint density at radius 3 is 2.09 bits per heavy atom. The molecular formula is C59H73N5O10S. The van der Waals surface area contributed by atoms with Crippen LogP contribution in [0.15, 0.2) is 109 Å². The zero-order valence-electron chi connectivity index (χ0n) is 43.8. The number of nitrogens with zero attached hydrogens (tertiary/aromatic N) is 3. The Kier molecular flexibility index (Phi) is 21.8. The van der Waals surface area contributed by atoms with Crippen molar-refractivity contribution in [3.63, 3.8) is 0 Å². The second kappa shape index (κ2) is 29.0. The minimum Gasteiger partial charge on any atom is -0.508 e. The van der Waals surface area contributed by atoms with Crippen LogP contribution in [0.3, 0.4) is 0 Å². The molecule has 75 heavy (non-hydrogen) atoms. The molecule has 2 heterocycles. The third-order valence-corrected chi connectivity index (χ3v) is 14.8. The van der Waals surface area contributed by atoms with E-state index in [1.165, 1.54) is 16.9 Å². The quantitative estimate of drug-likeness (QED) is 0.0247. The molecule has 0 spiro atoms. The van der Waals surface area contributed by atoms with Gasteiger partial charge in [0.25, 0.3) is 0 Å². The first-order chi connectivity index (χ1) is 36.5. The van der Waals surface area contributed by atoms with Crippen molar-refractivity contribution in [2.24, 2.45) is 5.92 Å². The van der Waals surface area contributed by atoms with Gasteiger partial charge in [0, 0.05) is 24.5 Å². The number of ketones is 1. The van der Waals surface area contributed by atoms with Crippen LogP contribution in [0, 0.1) is 5.92 Å². The third kappa shape index (κ3) is 16.0. The molecule has 0 bridgehead atoms. The molecule has 15 nitrogen and oxygen atoms in total. The maximum Gasteiger partial charge on any atom is 0.248 e. The second-order valence-electron chi connectivity index (χ2n) is 18.9. The van der Waals surface area contributed by atoms with E-state index in [0.29, 0.717) is 68.9 Å². The van der Waals surface area contributed by atoms with Crippen LogP contribution in [-0.4, -0.2) is 136 Å². The third-order valence-electron chi connectivity index (χ3n) is 13.8. The fourth-order valence-electron chi connectivity index (χ4n) is 9.52. The summed E-state index contributed by atoms with van der Waals surface area (Å²) < 4.78 is 28.8. The number of ether oxygens (including phenoxy) is 5. The topological polar surface area (TPSA) is 178 Å². The summed E-state index contributed by atoms with van der Waals surface area (Å²) in [5, 5.41) is 18.5. The van der Waals surface area contributed by atoms with Gasteiger partial charge in [0.05, 0.1) is 51.7 Å². The highest BCUT2D eigenvalue weighted by molar-refractivity contribution is 7.10. The Morgan fingerprint density at radius 2 is 1.40 bits per heavy atom. The fourth-order valence-corrected chi connectivity index (χ4v) is 10.5. The first kappa shape index (κ1) is 56.3. The fraction of sp³-hybridized carbons (Fsp3) is 0.441. The number of benzene rings is 4. The molecule has 0 unspecified atom stereocenters. The second-order valence-corrected chi connectivity index (χ2v) is 19.8. The van der Waals surface area contributed by atoms with Gasteiger partial charge in [0.1, 0.15) is 53.8 Å². The number of carbonyl (C=O) groups is 4. The standard InChI is InChI=1S/C59H73N5O10S/c1-5-50(42-14-8-6-9-15-42)54(43-21-25-47(65)26-22-43)44-23-27-48(28-24-44)73-31-30-63(4)53(66)39-72-35-34-70-32-33-71-36-37-74-49-19-12-18-46(38-49)56(67)51-40-75-58(61-51)52-20-13-29-64(52)59(69)55(45-16-10-7-11-17-45)62-57(68)41(2)60-3/h6,8-9,12,14-15,18-19,21-28,38,40-41,45,52,55,60,65H,5,7,10-11,13,16-17,20,29-37,39H2,1-4H3,(H,62,68)/b54-50+/t41-,52-,55-/m0/s1. The number of likely N-dealkylation sites (N-methyl/N-ethyl adjacent to an activating group) is 2. The van der Waals surface area contributed by atoms with E-state index >= 15 is 0 Å². The number of carbonyl (C=O) groups excluding carboxylic acids is 4. The molecule has 4 aromatic carbocycles. The number of phenols is 1. The number of allylic oxidation sites excluding steroid dienone is 1. The summed E-state index contributed by atoms with van der Waals surface area (Å²) in [6, 6.07) is 31.3. The van der Waals surface area contributed by atoms with Gasteiger partial charge in [-0.3, -0.25) is 19.2 Å². The molecule has 1 saturated carbocycles. The zero-order chi connectivity index (χ0) is 52.9. The summed E-state index contributed by atoms with van der Waals surface area (Å²) in [4.78, 5) is 61.7. The van der Waals surface area contributed by atoms with E-state index < -0.39 is 12.1 Å². The number of aromatic nitrogens is 1. The van der Waals surface area contributed by atoms with E-state index in [1.807, 2.05) is 59.5 Å². The van der Waals surface area contributed by atoms with Crippen molar-refractivity contribution in [3.8, 4) is 17.2 Å². The van der Waals surface area contributed by atoms with Crippen molar-refractivity contribution in [1.29, 1.82) is 0 Å². The van der Waals surface area contributed by atoms with E-state index in [0.717, 1.165) is 78.6 Å². The molecule has 1 aromatic heterocycles. The van der Waals surface area contributed by atoms with Gasteiger partial charge in [-0.25, -0.2) is 4.98 Å². The Labute approximate surface area is 445 Å². The average Bonchev–Trinajstić information content (AvgIpc) is 4.15. The molecule has 0 radical (unpaired) electrons. The van der Waals surface area contributed by atoms with Crippen LogP contribution in [0.1, 0.15) is 109 Å². The SMILES string of the molecule is CC/C(=C(/c1ccc(O)cc1)c1ccc(OCCN(C)C(=O)COCCOCCOCCOc2cccc(C(=O)c3csc([C@@H]4CCCN4C(=O)[C@@H](NC(=O)[C@H](C)NC)C4CCCCC4)n3)c2)cc1)c1ccccc1. The predicted octanol–water partition coefficient (Wildman–Crippen LogP) is 8.75. The summed E-state index contributed by atoms with van der Waals surface area (Å²) >= 11 is 1.39. The van der Waals surface area contributed by atoms with Crippen molar-refractivity contribution in [1.82, 2.24) is 25.4 Å². The average molecular weight is 1040 g/mol. The van der Waals surface area contributed by atoms with E-state index in [2.05, 4.69) is 29.7 Å². The highest BCUT2D eigenvalue weighted by Crippen LogP contribution is 2.38. The molecular weight excluding hydrogens is 971 g/mol. The Hall–Kier alpha value is -6.43. The monoisotopic (exact) mass is 1040 g/mol.